The van der Waals surface area contributed by atoms with Gasteiger partial charge in [-0.05, 0) is 50.9 Å². The van der Waals surface area contributed by atoms with Gasteiger partial charge in [-0.25, -0.2) is 0 Å². The molecule has 0 atom stereocenters. The summed E-state index contributed by atoms with van der Waals surface area (Å²) in [7, 11) is 0. The quantitative estimate of drug-likeness (QED) is 0.870. The van der Waals surface area contributed by atoms with E-state index in [2.05, 4.69) is 25.7 Å². The first-order valence-electron chi connectivity index (χ1n) is 8.77. The highest BCUT2D eigenvalue weighted by atomic mass is 16.4. The Bertz CT molecular complexity index is 560. The maximum absolute atomic E-state index is 12.5. The van der Waals surface area contributed by atoms with Crippen LogP contribution in [0.3, 0.4) is 0 Å². The van der Waals surface area contributed by atoms with Gasteiger partial charge in [0.15, 0.2) is 0 Å². The molecule has 0 unspecified atom stereocenters. The van der Waals surface area contributed by atoms with Gasteiger partial charge in [0.1, 0.15) is 0 Å². The average molecular weight is 332 g/mol. The molecule has 5 heteroatoms. The number of piperidine rings is 1. The second-order valence-corrected chi connectivity index (χ2v) is 6.76. The molecule has 1 heterocycles. The fourth-order valence-corrected chi connectivity index (χ4v) is 3.16. The summed E-state index contributed by atoms with van der Waals surface area (Å²) in [5, 5.41) is 9.03. The molecule has 1 aromatic rings. The number of carbonyl (C=O) groups is 2. The zero-order valence-electron chi connectivity index (χ0n) is 14.9. The summed E-state index contributed by atoms with van der Waals surface area (Å²) in [6, 6.07) is 8.29. The minimum atomic E-state index is -0.753. The van der Waals surface area contributed by atoms with Crippen LogP contribution in [-0.2, 0) is 11.3 Å². The van der Waals surface area contributed by atoms with Crippen LogP contribution >= 0.6 is 0 Å². The van der Waals surface area contributed by atoms with E-state index in [1.807, 2.05) is 24.3 Å². The van der Waals surface area contributed by atoms with E-state index in [-0.39, 0.29) is 11.8 Å². The maximum atomic E-state index is 12.5. The summed E-state index contributed by atoms with van der Waals surface area (Å²) >= 11 is 0. The number of carboxylic acids is 1. The molecule has 1 aliphatic heterocycles. The van der Waals surface area contributed by atoms with Crippen molar-refractivity contribution < 1.29 is 14.7 Å². The first-order valence-corrected chi connectivity index (χ1v) is 8.77. The van der Waals surface area contributed by atoms with Crippen LogP contribution in [-0.4, -0.2) is 52.5 Å². The fraction of sp³-hybridized carbons (Fsp3) is 0.579. The molecule has 1 amide bonds. The Morgan fingerprint density at radius 3 is 2.25 bits per heavy atom. The molecular weight excluding hydrogens is 304 g/mol. The van der Waals surface area contributed by atoms with Crippen molar-refractivity contribution in [2.24, 2.45) is 5.92 Å². The van der Waals surface area contributed by atoms with Crippen molar-refractivity contribution in [3.63, 3.8) is 0 Å². The number of carboxylic acid groups (broad SMARTS) is 1. The van der Waals surface area contributed by atoms with Gasteiger partial charge in [0, 0.05) is 31.2 Å². The van der Waals surface area contributed by atoms with E-state index in [1.54, 1.807) is 4.90 Å². The lowest BCUT2D eigenvalue weighted by Gasteiger charge is -2.30. The van der Waals surface area contributed by atoms with Gasteiger partial charge in [0.2, 0.25) is 0 Å². The minimum absolute atomic E-state index is 0.00148. The van der Waals surface area contributed by atoms with Crippen molar-refractivity contribution in [3.05, 3.63) is 35.4 Å². The van der Waals surface area contributed by atoms with Crippen LogP contribution in [0.1, 0.15) is 49.5 Å². The second kappa shape index (κ2) is 8.29. The van der Waals surface area contributed by atoms with Gasteiger partial charge in [-0.15, -0.1) is 0 Å². The van der Waals surface area contributed by atoms with Gasteiger partial charge in [-0.1, -0.05) is 19.1 Å². The molecule has 0 spiro atoms. The molecule has 1 N–H and O–H groups in total. The Balaban J connectivity index is 1.95. The van der Waals surface area contributed by atoms with Crippen molar-refractivity contribution >= 4 is 11.9 Å². The Morgan fingerprint density at radius 1 is 1.21 bits per heavy atom. The summed E-state index contributed by atoms with van der Waals surface area (Å²) in [6.45, 7) is 9.44. The fourth-order valence-electron chi connectivity index (χ4n) is 3.16. The average Bonchev–Trinajstić information content (AvgIpc) is 2.59. The van der Waals surface area contributed by atoms with Gasteiger partial charge in [0.05, 0.1) is 5.92 Å². The van der Waals surface area contributed by atoms with Crippen LogP contribution in [0.25, 0.3) is 0 Å². The van der Waals surface area contributed by atoms with Crippen LogP contribution in [0, 0.1) is 5.92 Å². The van der Waals surface area contributed by atoms with E-state index in [1.165, 1.54) is 5.56 Å². The number of hydrogen-bond acceptors (Lipinski definition) is 3. The van der Waals surface area contributed by atoms with E-state index in [9.17, 15) is 9.59 Å². The largest absolute Gasteiger partial charge is 0.481 e. The highest BCUT2D eigenvalue weighted by molar-refractivity contribution is 5.94. The van der Waals surface area contributed by atoms with Crippen LogP contribution < -0.4 is 0 Å². The van der Waals surface area contributed by atoms with Crippen LogP contribution in [0.15, 0.2) is 24.3 Å². The molecule has 0 radical (unpaired) electrons. The summed E-state index contributed by atoms with van der Waals surface area (Å²) in [4.78, 5) is 27.7. The number of rotatable bonds is 6. The van der Waals surface area contributed by atoms with Crippen molar-refractivity contribution in [2.75, 3.05) is 19.6 Å². The molecule has 1 aromatic carbocycles. The highest BCUT2D eigenvalue weighted by Gasteiger charge is 2.27. The van der Waals surface area contributed by atoms with Gasteiger partial charge < -0.3 is 10.0 Å². The molecule has 1 saturated heterocycles. The lowest BCUT2D eigenvalue weighted by molar-refractivity contribution is -0.143. The van der Waals surface area contributed by atoms with Crippen LogP contribution in [0.5, 0.6) is 0 Å². The van der Waals surface area contributed by atoms with Gasteiger partial charge in [-0.3, -0.25) is 14.5 Å². The molecule has 0 aliphatic carbocycles. The molecule has 132 valence electrons. The molecule has 2 rings (SSSR count). The lowest BCUT2D eigenvalue weighted by atomic mass is 9.96. The Kier molecular flexibility index (Phi) is 6.37. The number of nitrogens with zero attached hydrogens (tertiary/aromatic N) is 2. The molecule has 5 nitrogen and oxygen atoms in total. The smallest absolute Gasteiger partial charge is 0.306 e. The number of carbonyl (C=O) groups excluding carboxylic acids is 1. The van der Waals surface area contributed by atoms with Gasteiger partial charge in [0.25, 0.3) is 5.91 Å². The third kappa shape index (κ3) is 4.57. The summed E-state index contributed by atoms with van der Waals surface area (Å²) in [5.74, 6) is -1.06. The molecule has 1 fully saturated rings. The van der Waals surface area contributed by atoms with Gasteiger partial charge >= 0.3 is 5.97 Å². The molecule has 0 aromatic heterocycles. The molecule has 0 saturated carbocycles. The zero-order valence-corrected chi connectivity index (χ0v) is 14.9. The Hall–Kier alpha value is -1.88. The van der Waals surface area contributed by atoms with E-state index in [4.69, 9.17) is 5.11 Å². The molecule has 1 aliphatic rings. The monoisotopic (exact) mass is 332 g/mol. The van der Waals surface area contributed by atoms with E-state index < -0.39 is 5.97 Å². The topological polar surface area (TPSA) is 60.9 Å². The van der Waals surface area contributed by atoms with Crippen molar-refractivity contribution in [3.8, 4) is 0 Å². The predicted octanol–water partition coefficient (Wildman–Crippen LogP) is 2.85. The SMILES string of the molecule is CCN(Cc1ccc(C(=O)N2CCC(C(=O)O)CC2)cc1)C(C)C. The predicted molar refractivity (Wildman–Crippen MR) is 93.9 cm³/mol. The summed E-state index contributed by atoms with van der Waals surface area (Å²) in [6.07, 6.45) is 1.08. The Morgan fingerprint density at radius 2 is 1.79 bits per heavy atom. The number of hydrogen-bond donors (Lipinski definition) is 1. The number of amides is 1. The third-order valence-electron chi connectivity index (χ3n) is 4.85. The van der Waals surface area contributed by atoms with E-state index >= 15 is 0 Å². The van der Waals surface area contributed by atoms with Crippen molar-refractivity contribution in [1.82, 2.24) is 9.80 Å². The molecule has 24 heavy (non-hydrogen) atoms. The second-order valence-electron chi connectivity index (χ2n) is 6.76. The Labute approximate surface area is 144 Å². The highest BCUT2D eigenvalue weighted by Crippen LogP contribution is 2.19. The first kappa shape index (κ1) is 18.5. The molecular formula is C19H28N2O3. The van der Waals surface area contributed by atoms with E-state index in [0.717, 1.165) is 13.1 Å². The first-order chi connectivity index (χ1) is 11.4. The number of benzene rings is 1. The van der Waals surface area contributed by atoms with Crippen molar-refractivity contribution in [1.29, 1.82) is 0 Å². The standard InChI is InChI=1S/C19H28N2O3/c1-4-20(14(2)3)13-15-5-7-16(8-6-15)18(22)21-11-9-17(10-12-21)19(23)24/h5-8,14,17H,4,9-13H2,1-3H3,(H,23,24). The maximum Gasteiger partial charge on any atom is 0.306 e. The number of likely N-dealkylation sites (tertiary alicyclic amines) is 1. The minimum Gasteiger partial charge on any atom is -0.481 e. The summed E-state index contributed by atoms with van der Waals surface area (Å²) in [5.41, 5.74) is 1.88. The molecule has 0 bridgehead atoms. The van der Waals surface area contributed by atoms with E-state index in [0.29, 0.717) is 37.5 Å². The zero-order chi connectivity index (χ0) is 17.7. The third-order valence-corrected chi connectivity index (χ3v) is 4.85. The van der Waals surface area contributed by atoms with Crippen molar-refractivity contribution in [2.45, 2.75) is 46.2 Å². The number of aliphatic carboxylic acids is 1. The summed E-state index contributed by atoms with van der Waals surface area (Å²) < 4.78 is 0. The normalized spacial score (nSPS) is 16.0. The van der Waals surface area contributed by atoms with Crippen LogP contribution in [0.4, 0.5) is 0 Å². The lowest BCUT2D eigenvalue weighted by Crippen LogP contribution is -2.40. The van der Waals surface area contributed by atoms with Gasteiger partial charge in [-0.2, -0.15) is 0 Å². The van der Waals surface area contributed by atoms with Crippen LogP contribution in [0.2, 0.25) is 0 Å².